The fourth-order valence-corrected chi connectivity index (χ4v) is 7.32. The fourth-order valence-electron chi connectivity index (χ4n) is 6.51. The standard InChI is InChI=1S/C40H39Cl3N4O4/c1-2-38(50)46-17-13-45(14-18-46)26-28-5-10-33(37(42)21-28)35-24-32(49)22-30(40(35)43)8-12-39(51)47-19-15-44(16-20-47)25-27-3-6-29(7-4-27)34-23-31(48)9-11-36(34)41/h2-12,21-24,48-49H,1,13-20,25-26H2/b12-8+. The molecule has 0 aliphatic carbocycles. The predicted molar refractivity (Wildman–Crippen MR) is 205 cm³/mol. The van der Waals surface area contributed by atoms with Crippen molar-refractivity contribution in [2.75, 3.05) is 52.4 Å². The molecule has 2 heterocycles. The molecule has 6 rings (SSSR count). The van der Waals surface area contributed by atoms with Gasteiger partial charge in [-0.15, -0.1) is 0 Å². The van der Waals surface area contributed by atoms with E-state index in [4.69, 9.17) is 34.8 Å². The normalized spacial score (nSPS) is 15.7. The number of piperazine rings is 2. The first-order valence-electron chi connectivity index (χ1n) is 16.8. The predicted octanol–water partition coefficient (Wildman–Crippen LogP) is 7.58. The molecule has 11 heteroatoms. The number of phenols is 2. The summed E-state index contributed by atoms with van der Waals surface area (Å²) in [6.45, 7) is 10.5. The SMILES string of the molecule is C=CC(=O)N1CCN(Cc2ccc(-c3cc(O)cc(/C=C/C(=O)N4CCN(Cc5ccc(-c6cc(O)ccc6Cl)cc5)CC4)c3Cl)c(Cl)c2)CC1. The molecule has 0 atom stereocenters. The molecule has 264 valence electrons. The van der Waals surface area contributed by atoms with Crippen LogP contribution in [0.25, 0.3) is 28.3 Å². The van der Waals surface area contributed by atoms with Crippen molar-refractivity contribution in [3.63, 3.8) is 0 Å². The van der Waals surface area contributed by atoms with Gasteiger partial charge in [-0.2, -0.15) is 0 Å². The van der Waals surface area contributed by atoms with E-state index in [0.717, 1.165) is 55.0 Å². The van der Waals surface area contributed by atoms with E-state index in [2.05, 4.69) is 28.5 Å². The lowest BCUT2D eigenvalue weighted by molar-refractivity contribution is -0.128. The van der Waals surface area contributed by atoms with Crippen LogP contribution in [-0.2, 0) is 22.7 Å². The number of rotatable bonds is 9. The van der Waals surface area contributed by atoms with Crippen LogP contribution in [0.2, 0.25) is 15.1 Å². The summed E-state index contributed by atoms with van der Waals surface area (Å²) in [5, 5.41) is 21.9. The number of halogens is 3. The first kappa shape index (κ1) is 36.5. The van der Waals surface area contributed by atoms with Crippen LogP contribution in [0.1, 0.15) is 16.7 Å². The van der Waals surface area contributed by atoms with Gasteiger partial charge in [-0.05, 0) is 70.8 Å². The molecule has 2 amide bonds. The molecule has 0 aromatic heterocycles. The van der Waals surface area contributed by atoms with Gasteiger partial charge < -0.3 is 20.0 Å². The molecule has 8 nitrogen and oxygen atoms in total. The first-order valence-corrected chi connectivity index (χ1v) is 17.9. The Morgan fingerprint density at radius 1 is 0.627 bits per heavy atom. The molecule has 0 bridgehead atoms. The number of hydrogen-bond donors (Lipinski definition) is 2. The minimum absolute atomic E-state index is 0.0141. The van der Waals surface area contributed by atoms with Crippen LogP contribution in [0, 0.1) is 0 Å². The second kappa shape index (κ2) is 16.4. The van der Waals surface area contributed by atoms with E-state index in [1.165, 1.54) is 18.2 Å². The maximum atomic E-state index is 13.2. The van der Waals surface area contributed by atoms with Crippen LogP contribution in [0.3, 0.4) is 0 Å². The van der Waals surface area contributed by atoms with Crippen LogP contribution in [0.5, 0.6) is 11.5 Å². The Labute approximate surface area is 313 Å². The number of amides is 2. The topological polar surface area (TPSA) is 87.6 Å². The summed E-state index contributed by atoms with van der Waals surface area (Å²) in [6.07, 6.45) is 4.49. The van der Waals surface area contributed by atoms with Gasteiger partial charge in [-0.3, -0.25) is 19.4 Å². The van der Waals surface area contributed by atoms with Crippen LogP contribution < -0.4 is 0 Å². The van der Waals surface area contributed by atoms with E-state index in [1.807, 2.05) is 35.2 Å². The van der Waals surface area contributed by atoms with Crippen LogP contribution in [0.15, 0.2) is 91.5 Å². The van der Waals surface area contributed by atoms with Crippen molar-refractivity contribution in [1.29, 1.82) is 0 Å². The number of nitrogens with zero attached hydrogens (tertiary/aromatic N) is 4. The highest BCUT2D eigenvalue weighted by Gasteiger charge is 2.22. The molecule has 4 aromatic rings. The zero-order valence-corrected chi connectivity index (χ0v) is 30.3. The fraction of sp³-hybridized carbons (Fsp3) is 0.250. The minimum Gasteiger partial charge on any atom is -0.508 e. The molecule has 0 radical (unpaired) electrons. The van der Waals surface area contributed by atoms with Gasteiger partial charge in [0.1, 0.15) is 11.5 Å². The number of carbonyl (C=O) groups is 2. The smallest absolute Gasteiger partial charge is 0.246 e. The molecule has 2 aliphatic rings. The highest BCUT2D eigenvalue weighted by atomic mass is 35.5. The summed E-state index contributed by atoms with van der Waals surface area (Å²) >= 11 is 19.9. The highest BCUT2D eigenvalue weighted by molar-refractivity contribution is 6.37. The first-order chi connectivity index (χ1) is 24.6. The Morgan fingerprint density at radius 3 is 1.84 bits per heavy atom. The molecule has 4 aromatic carbocycles. The monoisotopic (exact) mass is 744 g/mol. The maximum absolute atomic E-state index is 13.2. The third-order valence-electron chi connectivity index (χ3n) is 9.38. The molecule has 2 saturated heterocycles. The number of hydrogen-bond acceptors (Lipinski definition) is 6. The second-order valence-corrected chi connectivity index (χ2v) is 14.0. The van der Waals surface area contributed by atoms with Crippen molar-refractivity contribution in [3.05, 3.63) is 123 Å². The van der Waals surface area contributed by atoms with Gasteiger partial charge in [0.25, 0.3) is 0 Å². The number of phenolic OH excluding ortho intramolecular Hbond substituents is 2. The molecular weight excluding hydrogens is 707 g/mol. The Hall–Kier alpha value is -4.31. The van der Waals surface area contributed by atoms with Crippen LogP contribution in [-0.4, -0.2) is 94.0 Å². The van der Waals surface area contributed by atoms with E-state index in [9.17, 15) is 19.8 Å². The molecular formula is C40H39Cl3N4O4. The lowest BCUT2D eigenvalue weighted by Gasteiger charge is -2.34. The molecule has 0 unspecified atom stereocenters. The number of carbonyl (C=O) groups excluding carboxylic acids is 2. The van der Waals surface area contributed by atoms with E-state index >= 15 is 0 Å². The summed E-state index contributed by atoms with van der Waals surface area (Å²) in [5.41, 5.74) is 5.66. The number of aromatic hydroxyl groups is 2. The lowest BCUT2D eigenvalue weighted by atomic mass is 10.00. The lowest BCUT2D eigenvalue weighted by Crippen LogP contribution is -2.47. The Bertz CT molecular complexity index is 1950. The van der Waals surface area contributed by atoms with Gasteiger partial charge in [-0.25, -0.2) is 0 Å². The van der Waals surface area contributed by atoms with Gasteiger partial charge in [0.2, 0.25) is 11.8 Å². The zero-order chi connectivity index (χ0) is 36.1. The Balaban J connectivity index is 1.04. The van der Waals surface area contributed by atoms with Crippen LogP contribution in [0.4, 0.5) is 0 Å². The van der Waals surface area contributed by atoms with Crippen molar-refractivity contribution in [3.8, 4) is 33.8 Å². The van der Waals surface area contributed by atoms with E-state index in [-0.39, 0.29) is 23.3 Å². The summed E-state index contributed by atoms with van der Waals surface area (Å²) in [6, 6.07) is 21.9. The van der Waals surface area contributed by atoms with Crippen molar-refractivity contribution in [2.45, 2.75) is 13.1 Å². The minimum atomic E-state index is -0.125. The average molecular weight is 746 g/mol. The Kier molecular flexibility index (Phi) is 11.7. The van der Waals surface area contributed by atoms with Gasteiger partial charge in [-0.1, -0.05) is 77.8 Å². The van der Waals surface area contributed by atoms with Crippen molar-refractivity contribution < 1.29 is 19.8 Å². The maximum Gasteiger partial charge on any atom is 0.246 e. The molecule has 2 N–H and O–H groups in total. The van der Waals surface area contributed by atoms with Crippen molar-refractivity contribution in [1.82, 2.24) is 19.6 Å². The summed E-state index contributed by atoms with van der Waals surface area (Å²) < 4.78 is 0. The zero-order valence-electron chi connectivity index (χ0n) is 28.1. The van der Waals surface area contributed by atoms with Gasteiger partial charge in [0, 0.05) is 98.3 Å². The molecule has 2 aliphatic heterocycles. The second-order valence-electron chi connectivity index (χ2n) is 12.8. The van der Waals surface area contributed by atoms with Gasteiger partial charge in [0.05, 0.1) is 5.02 Å². The van der Waals surface area contributed by atoms with Crippen molar-refractivity contribution >= 4 is 52.7 Å². The third-order valence-corrected chi connectivity index (χ3v) is 10.4. The summed E-state index contributed by atoms with van der Waals surface area (Å²) in [5.74, 6) is 0.0151. The summed E-state index contributed by atoms with van der Waals surface area (Å²) in [7, 11) is 0. The van der Waals surface area contributed by atoms with Gasteiger partial charge in [0.15, 0.2) is 0 Å². The van der Waals surface area contributed by atoms with E-state index in [0.29, 0.717) is 64.5 Å². The molecule has 51 heavy (non-hydrogen) atoms. The average Bonchev–Trinajstić information content (AvgIpc) is 3.13. The highest BCUT2D eigenvalue weighted by Crippen LogP contribution is 2.39. The van der Waals surface area contributed by atoms with Crippen LogP contribution >= 0.6 is 34.8 Å². The Morgan fingerprint density at radius 2 is 1.22 bits per heavy atom. The molecule has 0 spiro atoms. The van der Waals surface area contributed by atoms with E-state index < -0.39 is 0 Å². The quantitative estimate of drug-likeness (QED) is 0.172. The number of benzene rings is 4. The molecule has 0 saturated carbocycles. The van der Waals surface area contributed by atoms with Gasteiger partial charge >= 0.3 is 0 Å². The third kappa shape index (κ3) is 8.95. The largest absolute Gasteiger partial charge is 0.508 e. The van der Waals surface area contributed by atoms with Crippen molar-refractivity contribution in [2.24, 2.45) is 0 Å². The van der Waals surface area contributed by atoms with E-state index in [1.54, 1.807) is 35.2 Å². The summed E-state index contributed by atoms with van der Waals surface area (Å²) in [4.78, 5) is 33.3. The molecule has 2 fully saturated rings.